The molecule has 0 aliphatic carbocycles. The van der Waals surface area contributed by atoms with Gasteiger partial charge in [0, 0.05) is 35.7 Å². The maximum atomic E-state index is 13.1. The van der Waals surface area contributed by atoms with E-state index in [0.29, 0.717) is 28.6 Å². The van der Waals surface area contributed by atoms with Crippen LogP contribution in [0.4, 0.5) is 18.0 Å². The van der Waals surface area contributed by atoms with Crippen molar-refractivity contribution in [2.75, 3.05) is 19.6 Å². The summed E-state index contributed by atoms with van der Waals surface area (Å²) in [5.74, 6) is 0. The van der Waals surface area contributed by atoms with Gasteiger partial charge in [0.15, 0.2) is 0 Å². The zero-order valence-electron chi connectivity index (χ0n) is 15.4. The minimum Gasteiger partial charge on any atom is -0.444 e. The number of carbonyl (C=O) groups is 1. The molecule has 0 bridgehead atoms. The summed E-state index contributed by atoms with van der Waals surface area (Å²) in [4.78, 5) is 14.9. The molecule has 1 atom stereocenters. The second kappa shape index (κ2) is 8.45. The smallest absolute Gasteiger partial charge is 0.410 e. The number of likely N-dealkylation sites (tertiary alicyclic amines) is 1. The largest absolute Gasteiger partial charge is 0.444 e. The lowest BCUT2D eigenvalue weighted by molar-refractivity contribution is -0.151. The Morgan fingerprint density at radius 2 is 1.96 bits per heavy atom. The van der Waals surface area contributed by atoms with Gasteiger partial charge < -0.3 is 9.64 Å². The number of nitrogens with zero attached hydrogens (tertiary/aromatic N) is 2. The van der Waals surface area contributed by atoms with E-state index in [2.05, 4.69) is 0 Å². The Kier molecular flexibility index (Phi) is 6.92. The molecule has 0 aromatic heterocycles. The Balaban J connectivity index is 2.11. The van der Waals surface area contributed by atoms with E-state index in [-0.39, 0.29) is 13.1 Å². The normalized spacial score (nSPS) is 18.3. The summed E-state index contributed by atoms with van der Waals surface area (Å²) >= 11 is 12.0. The maximum absolute atomic E-state index is 13.1. The lowest BCUT2D eigenvalue weighted by Crippen LogP contribution is -2.44. The average Bonchev–Trinajstić information content (AvgIpc) is 2.96. The molecular weight excluding hydrogens is 404 g/mol. The predicted molar refractivity (Wildman–Crippen MR) is 99.1 cm³/mol. The van der Waals surface area contributed by atoms with E-state index in [0.717, 1.165) is 0 Å². The SMILES string of the molecule is CC(C)(C)OC(=O)N1CC[C@H](N(Cc2ccc(Cl)cc2Cl)CC(F)(F)F)C1. The van der Waals surface area contributed by atoms with Crippen LogP contribution in [0.3, 0.4) is 0 Å². The van der Waals surface area contributed by atoms with Crippen molar-refractivity contribution >= 4 is 29.3 Å². The van der Waals surface area contributed by atoms with Crippen LogP contribution in [-0.2, 0) is 11.3 Å². The van der Waals surface area contributed by atoms with E-state index in [1.165, 1.54) is 15.9 Å². The van der Waals surface area contributed by atoms with E-state index >= 15 is 0 Å². The second-order valence-corrected chi connectivity index (χ2v) is 8.47. The number of halogens is 5. The highest BCUT2D eigenvalue weighted by Gasteiger charge is 2.38. The third-order valence-corrected chi connectivity index (χ3v) is 4.69. The van der Waals surface area contributed by atoms with Gasteiger partial charge in [-0.25, -0.2) is 4.79 Å². The maximum Gasteiger partial charge on any atom is 0.410 e. The van der Waals surface area contributed by atoms with Crippen molar-refractivity contribution in [3.05, 3.63) is 33.8 Å². The third-order valence-electron chi connectivity index (χ3n) is 4.10. The first kappa shape index (κ1) is 22.1. The lowest BCUT2D eigenvalue weighted by atomic mass is 10.1. The Labute approximate surface area is 167 Å². The number of carbonyl (C=O) groups excluding carboxylic acids is 1. The van der Waals surface area contributed by atoms with Crippen LogP contribution in [0.15, 0.2) is 18.2 Å². The fraction of sp³-hybridized carbons (Fsp3) is 0.611. The van der Waals surface area contributed by atoms with Crippen molar-refractivity contribution in [1.29, 1.82) is 0 Å². The van der Waals surface area contributed by atoms with Crippen molar-refractivity contribution in [2.24, 2.45) is 0 Å². The van der Waals surface area contributed by atoms with Gasteiger partial charge in [0.25, 0.3) is 0 Å². The van der Waals surface area contributed by atoms with E-state index in [4.69, 9.17) is 27.9 Å². The van der Waals surface area contributed by atoms with Crippen LogP contribution < -0.4 is 0 Å². The molecule has 1 aliphatic rings. The van der Waals surface area contributed by atoms with Crippen molar-refractivity contribution in [3.8, 4) is 0 Å². The number of rotatable bonds is 4. The van der Waals surface area contributed by atoms with Gasteiger partial charge in [0.2, 0.25) is 0 Å². The van der Waals surface area contributed by atoms with Crippen LogP contribution in [0, 0.1) is 0 Å². The number of hydrogen-bond acceptors (Lipinski definition) is 3. The molecule has 0 N–H and O–H groups in total. The van der Waals surface area contributed by atoms with Crippen LogP contribution in [0.1, 0.15) is 32.8 Å². The quantitative estimate of drug-likeness (QED) is 0.648. The highest BCUT2D eigenvalue weighted by molar-refractivity contribution is 6.35. The van der Waals surface area contributed by atoms with Gasteiger partial charge in [-0.05, 0) is 44.9 Å². The summed E-state index contributed by atoms with van der Waals surface area (Å²) in [5.41, 5.74) is -0.0986. The van der Waals surface area contributed by atoms with E-state index < -0.39 is 30.5 Å². The summed E-state index contributed by atoms with van der Waals surface area (Å²) in [6.45, 7) is 4.70. The summed E-state index contributed by atoms with van der Waals surface area (Å²) in [6.07, 6.45) is -4.44. The molecule has 0 radical (unpaired) electrons. The summed E-state index contributed by atoms with van der Waals surface area (Å²) < 4.78 is 44.6. The Bertz CT molecular complexity index is 678. The first-order valence-corrected chi connectivity index (χ1v) is 9.32. The standard InChI is InChI=1S/C18H23Cl2F3N2O2/c1-17(2,3)27-16(26)24-7-6-14(10-24)25(11-18(21,22)23)9-12-4-5-13(19)8-15(12)20/h4-5,8,14H,6-7,9-11H2,1-3H3/t14-/m0/s1. The molecule has 1 amide bonds. The fourth-order valence-corrected chi connectivity index (χ4v) is 3.41. The second-order valence-electron chi connectivity index (χ2n) is 7.62. The Hall–Kier alpha value is -1.18. The first-order valence-electron chi connectivity index (χ1n) is 8.57. The molecule has 1 saturated heterocycles. The Morgan fingerprint density at radius 1 is 1.30 bits per heavy atom. The molecule has 2 rings (SSSR count). The molecule has 152 valence electrons. The van der Waals surface area contributed by atoms with Crippen molar-refractivity contribution in [1.82, 2.24) is 9.80 Å². The highest BCUT2D eigenvalue weighted by atomic mass is 35.5. The lowest BCUT2D eigenvalue weighted by Gasteiger charge is -2.30. The number of amides is 1. The zero-order chi connectivity index (χ0) is 20.4. The molecule has 27 heavy (non-hydrogen) atoms. The van der Waals surface area contributed by atoms with Gasteiger partial charge in [0.05, 0.1) is 6.54 Å². The minimum atomic E-state index is -4.36. The average molecular weight is 427 g/mol. The summed E-state index contributed by atoms with van der Waals surface area (Å²) in [7, 11) is 0. The van der Waals surface area contributed by atoms with Gasteiger partial charge >= 0.3 is 12.3 Å². The van der Waals surface area contributed by atoms with E-state index in [1.807, 2.05) is 0 Å². The molecule has 0 unspecified atom stereocenters. The van der Waals surface area contributed by atoms with Gasteiger partial charge in [-0.15, -0.1) is 0 Å². The monoisotopic (exact) mass is 426 g/mol. The van der Waals surface area contributed by atoms with Crippen molar-refractivity contribution in [2.45, 2.75) is 51.6 Å². The Morgan fingerprint density at radius 3 is 2.52 bits per heavy atom. The molecule has 0 saturated carbocycles. The summed E-state index contributed by atoms with van der Waals surface area (Å²) in [6, 6.07) is 4.28. The van der Waals surface area contributed by atoms with Crippen molar-refractivity contribution in [3.63, 3.8) is 0 Å². The topological polar surface area (TPSA) is 32.8 Å². The van der Waals surface area contributed by atoms with Gasteiger partial charge in [0.1, 0.15) is 5.60 Å². The van der Waals surface area contributed by atoms with Gasteiger partial charge in [-0.3, -0.25) is 4.90 Å². The van der Waals surface area contributed by atoms with Crippen LogP contribution in [0.5, 0.6) is 0 Å². The molecule has 1 aliphatic heterocycles. The molecule has 4 nitrogen and oxygen atoms in total. The van der Waals surface area contributed by atoms with Gasteiger partial charge in [-0.1, -0.05) is 29.3 Å². The van der Waals surface area contributed by atoms with E-state index in [9.17, 15) is 18.0 Å². The van der Waals surface area contributed by atoms with Gasteiger partial charge in [-0.2, -0.15) is 13.2 Å². The molecule has 1 aromatic carbocycles. The van der Waals surface area contributed by atoms with Crippen LogP contribution in [0.25, 0.3) is 0 Å². The first-order chi connectivity index (χ1) is 12.3. The molecule has 9 heteroatoms. The summed E-state index contributed by atoms with van der Waals surface area (Å²) in [5, 5.41) is 0.736. The molecule has 1 heterocycles. The fourth-order valence-electron chi connectivity index (χ4n) is 2.95. The molecule has 0 spiro atoms. The van der Waals surface area contributed by atoms with Crippen LogP contribution in [0.2, 0.25) is 10.0 Å². The predicted octanol–water partition coefficient (Wildman–Crippen LogP) is 5.37. The number of hydrogen-bond donors (Lipinski definition) is 0. The number of benzene rings is 1. The van der Waals surface area contributed by atoms with Crippen molar-refractivity contribution < 1.29 is 22.7 Å². The minimum absolute atomic E-state index is 0.0162. The van der Waals surface area contributed by atoms with Crippen LogP contribution >= 0.6 is 23.2 Å². The molecule has 1 aromatic rings. The third kappa shape index (κ3) is 7.05. The molecular formula is C18H23Cl2F3N2O2. The van der Waals surface area contributed by atoms with Crippen LogP contribution in [-0.4, -0.2) is 53.3 Å². The number of ether oxygens (including phenoxy) is 1. The molecule has 1 fully saturated rings. The highest BCUT2D eigenvalue weighted by Crippen LogP contribution is 2.28. The van der Waals surface area contributed by atoms with E-state index in [1.54, 1.807) is 32.9 Å². The number of alkyl halides is 3. The zero-order valence-corrected chi connectivity index (χ0v) is 17.0.